The van der Waals surface area contributed by atoms with Gasteiger partial charge in [0.25, 0.3) is 5.56 Å². The molecule has 0 atom stereocenters. The molecule has 37 heavy (non-hydrogen) atoms. The van der Waals surface area contributed by atoms with Crippen LogP contribution in [0.2, 0.25) is 0 Å². The van der Waals surface area contributed by atoms with Crippen LogP contribution in [-0.2, 0) is 14.8 Å². The summed E-state index contributed by atoms with van der Waals surface area (Å²) in [5.41, 5.74) is 3.18. The first kappa shape index (κ1) is 24.8. The van der Waals surface area contributed by atoms with Crippen LogP contribution in [0.4, 0.5) is 22.9 Å². The Hall–Kier alpha value is -3.93. The highest BCUT2D eigenvalue weighted by molar-refractivity contribution is 7.92. The maximum absolute atomic E-state index is 12.7. The number of aliphatic hydroxyl groups excluding tert-OH is 1. The van der Waals surface area contributed by atoms with Gasteiger partial charge in [-0.3, -0.25) is 9.52 Å². The Morgan fingerprint density at radius 1 is 1.03 bits per heavy atom. The van der Waals surface area contributed by atoms with Crippen molar-refractivity contribution in [1.29, 1.82) is 0 Å². The van der Waals surface area contributed by atoms with Crippen LogP contribution >= 0.6 is 0 Å². The predicted octanol–water partition coefficient (Wildman–Crippen LogP) is 2.90. The van der Waals surface area contributed by atoms with Crippen LogP contribution < -0.4 is 20.5 Å². The monoisotopic (exact) mass is 521 g/mol. The number of morpholine rings is 1. The minimum Gasteiger partial charge on any atom is -0.395 e. The smallest absolute Gasteiger partial charge is 0.259 e. The first-order valence-electron chi connectivity index (χ1n) is 11.9. The Labute approximate surface area is 214 Å². The first-order chi connectivity index (χ1) is 17.9. The zero-order chi connectivity index (χ0) is 25.8. The van der Waals surface area contributed by atoms with E-state index in [4.69, 9.17) is 14.8 Å². The average molecular weight is 522 g/mol. The van der Waals surface area contributed by atoms with Gasteiger partial charge in [0.2, 0.25) is 10.0 Å². The zero-order valence-corrected chi connectivity index (χ0v) is 20.8. The van der Waals surface area contributed by atoms with E-state index in [0.29, 0.717) is 46.7 Å². The topological polar surface area (TPSA) is 137 Å². The van der Waals surface area contributed by atoms with Gasteiger partial charge in [0, 0.05) is 41.9 Å². The van der Waals surface area contributed by atoms with Gasteiger partial charge in [-0.25, -0.2) is 13.4 Å². The lowest BCUT2D eigenvalue weighted by molar-refractivity contribution is 0.122. The standard InChI is InChI=1S/C26H27N5O5S/c32-12-15-37(34,35)30-21-3-1-2-18(16-21)23-17-19-8-9-27-26(33)24(19)25(29-23)28-20-4-6-22(7-5-20)31-10-13-36-14-11-31/h1-9,16-17,30,32H,10-15H2,(H,27,33)(H,28,29). The molecule has 0 saturated carbocycles. The van der Waals surface area contributed by atoms with E-state index in [1.807, 2.05) is 30.3 Å². The van der Waals surface area contributed by atoms with Crippen molar-refractivity contribution in [3.63, 3.8) is 0 Å². The van der Waals surface area contributed by atoms with Crippen molar-refractivity contribution in [2.45, 2.75) is 0 Å². The molecule has 0 spiro atoms. The SMILES string of the molecule is O=c1[nH]ccc2cc(-c3cccc(NS(=O)(=O)CCO)c3)nc(Nc3ccc(N4CCOCC4)cc3)c12. The largest absolute Gasteiger partial charge is 0.395 e. The number of aromatic amines is 1. The van der Waals surface area contributed by atoms with Crippen LogP contribution in [0.1, 0.15) is 0 Å². The number of anilines is 4. The summed E-state index contributed by atoms with van der Waals surface area (Å²) in [5, 5.41) is 13.4. The van der Waals surface area contributed by atoms with E-state index < -0.39 is 22.4 Å². The number of sulfonamides is 1. The molecule has 0 bridgehead atoms. The van der Waals surface area contributed by atoms with Crippen molar-refractivity contribution in [3.05, 3.63) is 77.2 Å². The summed E-state index contributed by atoms with van der Waals surface area (Å²) in [5.74, 6) is -0.00756. The Balaban J connectivity index is 1.49. The molecule has 1 aliphatic rings. The van der Waals surface area contributed by atoms with Gasteiger partial charge in [0.15, 0.2) is 0 Å². The number of ether oxygens (including phenoxy) is 1. The summed E-state index contributed by atoms with van der Waals surface area (Å²) >= 11 is 0. The number of nitrogens with zero attached hydrogens (tertiary/aromatic N) is 2. The van der Waals surface area contributed by atoms with Gasteiger partial charge < -0.3 is 25.0 Å². The fraction of sp³-hybridized carbons (Fsp3) is 0.231. The van der Waals surface area contributed by atoms with E-state index in [9.17, 15) is 13.2 Å². The lowest BCUT2D eigenvalue weighted by atomic mass is 10.1. The van der Waals surface area contributed by atoms with Crippen molar-refractivity contribution >= 4 is 43.7 Å². The molecule has 0 aliphatic carbocycles. The van der Waals surface area contributed by atoms with Crippen molar-refractivity contribution in [2.24, 2.45) is 0 Å². The van der Waals surface area contributed by atoms with Gasteiger partial charge in [0.1, 0.15) is 5.82 Å². The predicted molar refractivity (Wildman–Crippen MR) is 145 cm³/mol. The summed E-state index contributed by atoms with van der Waals surface area (Å²) in [6, 6.07) is 18.3. The quantitative estimate of drug-likeness (QED) is 0.278. The number of hydrogen-bond donors (Lipinski definition) is 4. The van der Waals surface area contributed by atoms with Crippen LogP contribution in [-0.4, -0.2) is 62.2 Å². The van der Waals surface area contributed by atoms with Gasteiger partial charge >= 0.3 is 0 Å². The normalized spacial score (nSPS) is 14.0. The number of hydrogen-bond acceptors (Lipinski definition) is 8. The maximum atomic E-state index is 12.7. The summed E-state index contributed by atoms with van der Waals surface area (Å²) in [4.78, 5) is 22.4. The Kier molecular flexibility index (Phi) is 7.08. The van der Waals surface area contributed by atoms with Gasteiger partial charge in [-0.1, -0.05) is 12.1 Å². The molecule has 4 aromatic rings. The third kappa shape index (κ3) is 5.74. The molecule has 0 amide bonds. The minimum atomic E-state index is -3.67. The molecular weight excluding hydrogens is 494 g/mol. The number of aliphatic hydroxyl groups is 1. The first-order valence-corrected chi connectivity index (χ1v) is 13.5. The number of aromatic nitrogens is 2. The molecule has 4 N–H and O–H groups in total. The lowest BCUT2D eigenvalue weighted by Crippen LogP contribution is -2.36. The Bertz CT molecular complexity index is 1560. The highest BCUT2D eigenvalue weighted by Crippen LogP contribution is 2.30. The molecule has 2 aromatic carbocycles. The van der Waals surface area contributed by atoms with Crippen LogP contribution in [0.3, 0.4) is 0 Å². The minimum absolute atomic E-state index is 0.269. The second kappa shape index (κ2) is 10.6. The molecule has 1 fully saturated rings. The summed E-state index contributed by atoms with van der Waals surface area (Å²) in [6.45, 7) is 2.61. The third-order valence-corrected chi connectivity index (χ3v) is 7.32. The van der Waals surface area contributed by atoms with E-state index in [0.717, 1.165) is 24.5 Å². The number of H-pyrrole nitrogens is 1. The Morgan fingerprint density at radius 3 is 2.57 bits per heavy atom. The molecule has 2 aromatic heterocycles. The zero-order valence-electron chi connectivity index (χ0n) is 20.0. The van der Waals surface area contributed by atoms with Gasteiger partial charge in [-0.05, 0) is 53.9 Å². The molecule has 192 valence electrons. The molecule has 0 radical (unpaired) electrons. The molecular formula is C26H27N5O5S. The van der Waals surface area contributed by atoms with Crippen LogP contribution in [0, 0.1) is 0 Å². The molecule has 5 rings (SSSR count). The van der Waals surface area contributed by atoms with Crippen molar-refractivity contribution in [2.75, 3.05) is 53.6 Å². The van der Waals surface area contributed by atoms with E-state index in [1.165, 1.54) is 0 Å². The summed E-state index contributed by atoms with van der Waals surface area (Å²) in [6.07, 6.45) is 1.58. The van der Waals surface area contributed by atoms with Crippen molar-refractivity contribution < 1.29 is 18.3 Å². The van der Waals surface area contributed by atoms with E-state index in [2.05, 4.69) is 19.9 Å². The second-order valence-electron chi connectivity index (χ2n) is 8.62. The molecule has 10 nitrogen and oxygen atoms in total. The fourth-order valence-electron chi connectivity index (χ4n) is 4.26. The Morgan fingerprint density at radius 2 is 1.81 bits per heavy atom. The number of nitrogens with one attached hydrogen (secondary N) is 3. The average Bonchev–Trinajstić information content (AvgIpc) is 2.89. The van der Waals surface area contributed by atoms with E-state index in [1.54, 1.807) is 36.5 Å². The second-order valence-corrected chi connectivity index (χ2v) is 10.5. The van der Waals surface area contributed by atoms with Crippen LogP contribution in [0.5, 0.6) is 0 Å². The highest BCUT2D eigenvalue weighted by Gasteiger charge is 2.15. The van der Waals surface area contributed by atoms with E-state index in [-0.39, 0.29) is 5.56 Å². The van der Waals surface area contributed by atoms with Gasteiger partial charge in [-0.15, -0.1) is 0 Å². The van der Waals surface area contributed by atoms with Gasteiger partial charge in [-0.2, -0.15) is 0 Å². The summed E-state index contributed by atoms with van der Waals surface area (Å²) < 4.78 is 32.1. The molecule has 3 heterocycles. The molecule has 1 saturated heterocycles. The van der Waals surface area contributed by atoms with Crippen LogP contribution in [0.25, 0.3) is 22.0 Å². The van der Waals surface area contributed by atoms with Crippen molar-refractivity contribution in [3.8, 4) is 11.3 Å². The number of benzene rings is 2. The fourth-order valence-corrected chi connectivity index (χ4v) is 5.09. The molecule has 1 aliphatic heterocycles. The number of fused-ring (bicyclic) bond motifs is 1. The number of pyridine rings is 2. The number of rotatable bonds is 8. The van der Waals surface area contributed by atoms with E-state index >= 15 is 0 Å². The summed E-state index contributed by atoms with van der Waals surface area (Å²) in [7, 11) is -3.67. The molecule has 11 heteroatoms. The molecule has 0 unspecified atom stereocenters. The maximum Gasteiger partial charge on any atom is 0.259 e. The highest BCUT2D eigenvalue weighted by atomic mass is 32.2. The van der Waals surface area contributed by atoms with Crippen LogP contribution in [0.15, 0.2) is 71.7 Å². The lowest BCUT2D eigenvalue weighted by Gasteiger charge is -2.28. The van der Waals surface area contributed by atoms with Crippen molar-refractivity contribution in [1.82, 2.24) is 9.97 Å². The third-order valence-electron chi connectivity index (χ3n) is 6.05. The van der Waals surface area contributed by atoms with Gasteiger partial charge in [0.05, 0.1) is 36.7 Å².